The van der Waals surface area contributed by atoms with Crippen LogP contribution in [0.25, 0.3) is 0 Å². The lowest BCUT2D eigenvalue weighted by atomic mass is 10.0. The van der Waals surface area contributed by atoms with Crippen LogP contribution < -0.4 is 4.74 Å². The van der Waals surface area contributed by atoms with Gasteiger partial charge in [0.1, 0.15) is 5.75 Å². The van der Waals surface area contributed by atoms with Gasteiger partial charge in [0.05, 0.1) is 11.5 Å². The average molecular weight is 291 g/mol. The first-order chi connectivity index (χ1) is 8.27. The first kappa shape index (κ1) is 15.3. The molecule has 1 aromatic carbocycles. The van der Waals surface area contributed by atoms with Crippen molar-refractivity contribution in [2.45, 2.75) is 44.9 Å². The monoisotopic (exact) mass is 290 g/mol. The number of benzene rings is 1. The summed E-state index contributed by atoms with van der Waals surface area (Å²) in [5.74, 6) is 0.919. The second kappa shape index (κ2) is 5.93. The van der Waals surface area contributed by atoms with E-state index in [9.17, 15) is 8.42 Å². The summed E-state index contributed by atoms with van der Waals surface area (Å²) >= 11 is 0. The molecule has 18 heavy (non-hydrogen) atoms. The van der Waals surface area contributed by atoms with Crippen LogP contribution in [0.1, 0.15) is 44.2 Å². The van der Waals surface area contributed by atoms with Gasteiger partial charge in [-0.15, -0.1) is 0 Å². The third kappa shape index (κ3) is 3.62. The molecule has 0 fully saturated rings. The molecule has 0 amide bonds. The number of ether oxygens (including phenoxy) is 1. The molecule has 3 nitrogen and oxygen atoms in total. The van der Waals surface area contributed by atoms with Crippen molar-refractivity contribution in [2.75, 3.05) is 6.61 Å². The van der Waals surface area contributed by atoms with Crippen molar-refractivity contribution < 1.29 is 13.2 Å². The van der Waals surface area contributed by atoms with Crippen LogP contribution in [-0.4, -0.2) is 15.0 Å². The van der Waals surface area contributed by atoms with Crippen molar-refractivity contribution >= 4 is 19.7 Å². The first-order valence-corrected chi connectivity index (χ1v) is 8.30. The Kier molecular flexibility index (Phi) is 5.05. The molecule has 0 atom stereocenters. The van der Waals surface area contributed by atoms with Crippen molar-refractivity contribution in [2.24, 2.45) is 0 Å². The van der Waals surface area contributed by atoms with Gasteiger partial charge in [-0.3, -0.25) is 0 Å². The Morgan fingerprint density at radius 2 is 1.94 bits per heavy atom. The number of hydrogen-bond acceptors (Lipinski definition) is 3. The normalized spacial score (nSPS) is 11.9. The summed E-state index contributed by atoms with van der Waals surface area (Å²) < 4.78 is 28.6. The van der Waals surface area contributed by atoms with Crippen LogP contribution in [0.4, 0.5) is 0 Å². The maximum atomic E-state index is 11.5. The predicted octanol–water partition coefficient (Wildman–Crippen LogP) is 3.83. The Balaban J connectivity index is 3.35. The fourth-order valence-electron chi connectivity index (χ4n) is 1.73. The zero-order chi connectivity index (χ0) is 13.9. The molecule has 0 heterocycles. The second-order valence-corrected chi connectivity index (χ2v) is 7.13. The van der Waals surface area contributed by atoms with Gasteiger partial charge in [0, 0.05) is 10.7 Å². The van der Waals surface area contributed by atoms with Gasteiger partial charge in [0.2, 0.25) is 0 Å². The van der Waals surface area contributed by atoms with E-state index < -0.39 is 9.05 Å². The summed E-state index contributed by atoms with van der Waals surface area (Å²) in [6.45, 7) is 8.35. The van der Waals surface area contributed by atoms with Gasteiger partial charge < -0.3 is 4.74 Å². The Labute approximate surface area is 114 Å². The van der Waals surface area contributed by atoms with Gasteiger partial charge in [-0.25, -0.2) is 8.42 Å². The Bertz CT molecular complexity index is 521. The lowest BCUT2D eigenvalue weighted by Crippen LogP contribution is -2.04. The minimum atomic E-state index is -3.71. The van der Waals surface area contributed by atoms with Crippen LogP contribution in [0, 0.1) is 6.92 Å². The molecular weight excluding hydrogens is 272 g/mol. The molecule has 0 saturated heterocycles. The summed E-state index contributed by atoms with van der Waals surface area (Å²) in [5, 5.41) is 0. The van der Waals surface area contributed by atoms with E-state index >= 15 is 0 Å². The second-order valence-electron chi connectivity index (χ2n) is 4.60. The lowest BCUT2D eigenvalue weighted by Gasteiger charge is -2.16. The molecule has 5 heteroatoms. The van der Waals surface area contributed by atoms with E-state index in [1.807, 2.05) is 20.8 Å². The van der Waals surface area contributed by atoms with E-state index in [0.717, 1.165) is 17.7 Å². The molecular formula is C13H19ClO3S. The molecule has 0 radical (unpaired) electrons. The summed E-state index contributed by atoms with van der Waals surface area (Å²) in [6.07, 6.45) is 0.909. The number of aryl methyl sites for hydroxylation is 1. The van der Waals surface area contributed by atoms with Gasteiger partial charge in [0.25, 0.3) is 9.05 Å². The summed E-state index contributed by atoms with van der Waals surface area (Å²) in [4.78, 5) is 0.164. The van der Waals surface area contributed by atoms with Gasteiger partial charge in [-0.2, -0.15) is 0 Å². The van der Waals surface area contributed by atoms with Crippen molar-refractivity contribution in [3.63, 3.8) is 0 Å². The topological polar surface area (TPSA) is 43.4 Å². The van der Waals surface area contributed by atoms with Gasteiger partial charge in [-0.1, -0.05) is 20.8 Å². The molecule has 0 aliphatic rings. The van der Waals surface area contributed by atoms with Crippen molar-refractivity contribution in [1.82, 2.24) is 0 Å². The molecule has 0 saturated carbocycles. The van der Waals surface area contributed by atoms with Crippen molar-refractivity contribution in [3.05, 3.63) is 23.3 Å². The maximum absolute atomic E-state index is 11.5. The fourth-order valence-corrected chi connectivity index (χ4v) is 2.94. The third-order valence-corrected chi connectivity index (χ3v) is 4.12. The molecule has 1 rings (SSSR count). The molecule has 0 aliphatic heterocycles. The molecule has 0 spiro atoms. The molecule has 0 bridgehead atoms. The van der Waals surface area contributed by atoms with Gasteiger partial charge >= 0.3 is 0 Å². The van der Waals surface area contributed by atoms with Gasteiger partial charge in [0.15, 0.2) is 0 Å². The summed E-state index contributed by atoms with van der Waals surface area (Å²) in [6, 6.07) is 3.37. The minimum absolute atomic E-state index is 0.164. The standard InChI is InChI=1S/C13H19ClO3S/c1-5-6-17-12-7-10(4)13(18(14,15)16)8-11(12)9(2)3/h7-9H,5-6H2,1-4H3. The molecule has 0 N–H and O–H groups in total. The SMILES string of the molecule is CCCOc1cc(C)c(S(=O)(=O)Cl)cc1C(C)C. The lowest BCUT2D eigenvalue weighted by molar-refractivity contribution is 0.312. The fraction of sp³-hybridized carbons (Fsp3) is 0.538. The van der Waals surface area contributed by atoms with Crippen molar-refractivity contribution in [1.29, 1.82) is 0 Å². The van der Waals surface area contributed by atoms with Crippen LogP contribution in [0.5, 0.6) is 5.75 Å². The van der Waals surface area contributed by atoms with Crippen LogP contribution in [0.15, 0.2) is 17.0 Å². The van der Waals surface area contributed by atoms with Crippen molar-refractivity contribution in [3.8, 4) is 5.75 Å². The highest BCUT2D eigenvalue weighted by molar-refractivity contribution is 8.13. The Morgan fingerprint density at radius 1 is 1.33 bits per heavy atom. The van der Waals surface area contributed by atoms with E-state index in [1.165, 1.54) is 0 Å². The highest BCUT2D eigenvalue weighted by atomic mass is 35.7. The van der Waals surface area contributed by atoms with Crippen LogP contribution >= 0.6 is 10.7 Å². The number of rotatable bonds is 5. The Morgan fingerprint density at radius 3 is 2.39 bits per heavy atom. The van der Waals surface area contributed by atoms with E-state index in [4.69, 9.17) is 15.4 Å². The maximum Gasteiger partial charge on any atom is 0.261 e. The van der Waals surface area contributed by atoms with E-state index in [1.54, 1.807) is 19.1 Å². The smallest absolute Gasteiger partial charge is 0.261 e. The average Bonchev–Trinajstić information content (AvgIpc) is 2.23. The highest BCUT2D eigenvalue weighted by Gasteiger charge is 2.18. The third-order valence-electron chi connectivity index (χ3n) is 2.65. The summed E-state index contributed by atoms with van der Waals surface area (Å²) in [7, 11) is 1.72. The minimum Gasteiger partial charge on any atom is -0.493 e. The first-order valence-electron chi connectivity index (χ1n) is 5.99. The zero-order valence-corrected chi connectivity index (χ0v) is 12.7. The summed E-state index contributed by atoms with van der Waals surface area (Å²) in [5.41, 5.74) is 1.48. The van der Waals surface area contributed by atoms with Crippen LogP contribution in [0.3, 0.4) is 0 Å². The molecule has 0 unspecified atom stereocenters. The largest absolute Gasteiger partial charge is 0.493 e. The quantitative estimate of drug-likeness (QED) is 0.774. The van der Waals surface area contributed by atoms with E-state index in [-0.39, 0.29) is 10.8 Å². The predicted molar refractivity (Wildman–Crippen MR) is 74.1 cm³/mol. The number of halogens is 1. The zero-order valence-electron chi connectivity index (χ0n) is 11.2. The van der Waals surface area contributed by atoms with Gasteiger partial charge in [-0.05, 0) is 42.5 Å². The Hall–Kier alpha value is -0.740. The van der Waals surface area contributed by atoms with Crippen LogP contribution in [0.2, 0.25) is 0 Å². The molecule has 0 aromatic heterocycles. The highest BCUT2D eigenvalue weighted by Crippen LogP contribution is 2.33. The molecule has 1 aromatic rings. The molecule has 102 valence electrons. The van der Waals surface area contributed by atoms with Crippen LogP contribution in [-0.2, 0) is 9.05 Å². The number of hydrogen-bond donors (Lipinski definition) is 0. The van der Waals surface area contributed by atoms with E-state index in [0.29, 0.717) is 12.2 Å². The molecule has 0 aliphatic carbocycles. The van der Waals surface area contributed by atoms with E-state index in [2.05, 4.69) is 0 Å².